The molecular weight excluding hydrogens is 222 g/mol. The Morgan fingerprint density at radius 1 is 1.47 bits per heavy atom. The van der Waals surface area contributed by atoms with E-state index in [9.17, 15) is 14.7 Å². The molecule has 0 aliphatic carbocycles. The molecule has 0 bridgehead atoms. The Morgan fingerprint density at radius 2 is 2.12 bits per heavy atom. The normalized spacial score (nSPS) is 24.1. The minimum atomic E-state index is -0.792. The molecular formula is C11H21N3O3. The lowest BCUT2D eigenvalue weighted by Crippen LogP contribution is -2.46. The van der Waals surface area contributed by atoms with Crippen molar-refractivity contribution in [2.75, 3.05) is 27.2 Å². The number of hydrogen-bond donors (Lipinski definition) is 2. The predicted octanol–water partition coefficient (Wildman–Crippen LogP) is 0.749. The zero-order valence-corrected chi connectivity index (χ0v) is 10.7. The average Bonchev–Trinajstić information content (AvgIpc) is 2.63. The van der Waals surface area contributed by atoms with Crippen LogP contribution in [0, 0.1) is 5.41 Å². The van der Waals surface area contributed by atoms with Gasteiger partial charge in [-0.3, -0.25) is 10.2 Å². The molecule has 1 unspecified atom stereocenters. The molecule has 0 saturated carbocycles. The maximum Gasteiger partial charge on any atom is 0.331 e. The third kappa shape index (κ3) is 3.09. The van der Waals surface area contributed by atoms with Gasteiger partial charge >= 0.3 is 12.0 Å². The van der Waals surface area contributed by atoms with Crippen molar-refractivity contribution in [1.29, 1.82) is 0 Å². The van der Waals surface area contributed by atoms with E-state index in [2.05, 4.69) is 5.43 Å². The molecule has 1 saturated heterocycles. The monoisotopic (exact) mass is 243 g/mol. The van der Waals surface area contributed by atoms with Crippen molar-refractivity contribution in [2.45, 2.75) is 26.2 Å². The number of nitrogens with zero attached hydrogens (tertiary/aromatic N) is 2. The summed E-state index contributed by atoms with van der Waals surface area (Å²) in [5.41, 5.74) is 1.88. The fraction of sp³-hybridized carbons (Fsp3) is 0.818. The summed E-state index contributed by atoms with van der Waals surface area (Å²) in [6.07, 6.45) is 1.97. The maximum absolute atomic E-state index is 11.8. The lowest BCUT2D eigenvalue weighted by Gasteiger charge is -2.25. The van der Waals surface area contributed by atoms with E-state index in [-0.39, 0.29) is 6.03 Å². The molecule has 2 N–H and O–H groups in total. The molecule has 98 valence electrons. The van der Waals surface area contributed by atoms with Crippen molar-refractivity contribution in [1.82, 2.24) is 15.3 Å². The predicted molar refractivity (Wildman–Crippen MR) is 63.4 cm³/mol. The standard InChI is InChI=1S/C11H21N3O3/c1-4-5-11(9(15)16)6-7-14(8-11)10(17)12-13(2)3/h4-8H2,1-3H3,(H,12,17)(H,15,16). The van der Waals surface area contributed by atoms with Gasteiger partial charge in [-0.15, -0.1) is 0 Å². The zero-order valence-electron chi connectivity index (χ0n) is 10.7. The van der Waals surface area contributed by atoms with Gasteiger partial charge in [-0.05, 0) is 12.8 Å². The first-order valence-corrected chi connectivity index (χ1v) is 5.87. The van der Waals surface area contributed by atoms with Crippen LogP contribution < -0.4 is 5.43 Å². The summed E-state index contributed by atoms with van der Waals surface area (Å²) in [5.74, 6) is -0.792. The van der Waals surface area contributed by atoms with Gasteiger partial charge in [-0.25, -0.2) is 9.80 Å². The highest BCUT2D eigenvalue weighted by molar-refractivity contribution is 5.79. The van der Waals surface area contributed by atoms with Gasteiger partial charge in [-0.2, -0.15) is 0 Å². The summed E-state index contributed by atoms with van der Waals surface area (Å²) in [5, 5.41) is 10.9. The van der Waals surface area contributed by atoms with E-state index in [4.69, 9.17) is 0 Å². The zero-order chi connectivity index (χ0) is 13.1. The summed E-state index contributed by atoms with van der Waals surface area (Å²) < 4.78 is 0. The van der Waals surface area contributed by atoms with E-state index in [1.54, 1.807) is 24.0 Å². The second-order valence-electron chi connectivity index (χ2n) is 4.82. The van der Waals surface area contributed by atoms with Crippen LogP contribution in [0.4, 0.5) is 4.79 Å². The minimum absolute atomic E-state index is 0.228. The number of carbonyl (C=O) groups is 2. The molecule has 1 aliphatic rings. The van der Waals surface area contributed by atoms with Crippen molar-refractivity contribution in [3.05, 3.63) is 0 Å². The first-order valence-electron chi connectivity index (χ1n) is 5.87. The molecule has 0 aromatic carbocycles. The molecule has 17 heavy (non-hydrogen) atoms. The molecule has 0 radical (unpaired) electrons. The molecule has 0 aromatic heterocycles. The number of hydrazine groups is 1. The van der Waals surface area contributed by atoms with E-state index in [0.717, 1.165) is 6.42 Å². The Bertz CT molecular complexity index is 306. The number of carboxylic acid groups (broad SMARTS) is 1. The molecule has 1 atom stereocenters. The van der Waals surface area contributed by atoms with E-state index >= 15 is 0 Å². The smallest absolute Gasteiger partial charge is 0.331 e. The van der Waals surface area contributed by atoms with Gasteiger partial charge in [0.05, 0.1) is 5.41 Å². The van der Waals surface area contributed by atoms with Crippen molar-refractivity contribution in [3.63, 3.8) is 0 Å². The minimum Gasteiger partial charge on any atom is -0.481 e. The van der Waals surface area contributed by atoms with Crippen LogP contribution in [0.25, 0.3) is 0 Å². The summed E-state index contributed by atoms with van der Waals surface area (Å²) in [6.45, 7) is 2.77. The van der Waals surface area contributed by atoms with Crippen molar-refractivity contribution < 1.29 is 14.7 Å². The maximum atomic E-state index is 11.8. The van der Waals surface area contributed by atoms with Crippen LogP contribution in [0.3, 0.4) is 0 Å². The summed E-state index contributed by atoms with van der Waals surface area (Å²) in [7, 11) is 3.45. The molecule has 6 heteroatoms. The quantitative estimate of drug-likeness (QED) is 0.715. The molecule has 0 spiro atoms. The number of nitrogens with one attached hydrogen (secondary N) is 1. The van der Waals surface area contributed by atoms with E-state index in [1.807, 2.05) is 6.92 Å². The van der Waals surface area contributed by atoms with Crippen LogP contribution in [0.2, 0.25) is 0 Å². The summed E-state index contributed by atoms with van der Waals surface area (Å²) >= 11 is 0. The summed E-state index contributed by atoms with van der Waals surface area (Å²) in [4.78, 5) is 24.7. The van der Waals surface area contributed by atoms with Crippen LogP contribution >= 0.6 is 0 Å². The van der Waals surface area contributed by atoms with Gasteiger partial charge in [0.25, 0.3) is 0 Å². The number of amides is 2. The molecule has 0 aromatic rings. The third-order valence-corrected chi connectivity index (χ3v) is 3.14. The van der Waals surface area contributed by atoms with Gasteiger partial charge in [0.2, 0.25) is 0 Å². The molecule has 2 amide bonds. The molecule has 1 rings (SSSR count). The highest BCUT2D eigenvalue weighted by atomic mass is 16.4. The Kier molecular flexibility index (Phi) is 4.34. The third-order valence-electron chi connectivity index (χ3n) is 3.14. The van der Waals surface area contributed by atoms with Crippen LogP contribution in [-0.4, -0.2) is 54.2 Å². The fourth-order valence-electron chi connectivity index (χ4n) is 2.27. The van der Waals surface area contributed by atoms with Crippen LogP contribution in [0.5, 0.6) is 0 Å². The largest absolute Gasteiger partial charge is 0.481 e. The number of likely N-dealkylation sites (tertiary alicyclic amines) is 1. The second kappa shape index (κ2) is 5.35. The van der Waals surface area contributed by atoms with Crippen LogP contribution in [0.1, 0.15) is 26.2 Å². The summed E-state index contributed by atoms with van der Waals surface area (Å²) in [6, 6.07) is -0.228. The SMILES string of the molecule is CCCC1(C(=O)O)CCN(C(=O)NN(C)C)C1. The Balaban J connectivity index is 2.66. The van der Waals surface area contributed by atoms with Crippen LogP contribution in [0.15, 0.2) is 0 Å². The van der Waals surface area contributed by atoms with Crippen molar-refractivity contribution in [3.8, 4) is 0 Å². The van der Waals surface area contributed by atoms with E-state index in [1.165, 1.54) is 0 Å². The highest BCUT2D eigenvalue weighted by Crippen LogP contribution is 2.35. The second-order valence-corrected chi connectivity index (χ2v) is 4.82. The number of aliphatic carboxylic acids is 1. The van der Waals surface area contributed by atoms with Crippen molar-refractivity contribution >= 4 is 12.0 Å². The van der Waals surface area contributed by atoms with Crippen molar-refractivity contribution in [2.24, 2.45) is 5.41 Å². The van der Waals surface area contributed by atoms with Gasteiger partial charge in [0.15, 0.2) is 0 Å². The highest BCUT2D eigenvalue weighted by Gasteiger charge is 2.45. The van der Waals surface area contributed by atoms with Gasteiger partial charge < -0.3 is 10.0 Å². The number of urea groups is 1. The Morgan fingerprint density at radius 3 is 2.59 bits per heavy atom. The lowest BCUT2D eigenvalue weighted by atomic mass is 9.83. The number of rotatable bonds is 4. The number of hydrogen-bond acceptors (Lipinski definition) is 3. The van der Waals surface area contributed by atoms with Gasteiger partial charge in [0, 0.05) is 27.2 Å². The van der Waals surface area contributed by atoms with Crippen LogP contribution in [-0.2, 0) is 4.79 Å². The fourth-order valence-corrected chi connectivity index (χ4v) is 2.27. The Labute approximate surface area is 102 Å². The van der Waals surface area contributed by atoms with E-state index < -0.39 is 11.4 Å². The topological polar surface area (TPSA) is 72.9 Å². The number of carbonyl (C=O) groups excluding carboxylic acids is 1. The van der Waals surface area contributed by atoms with Gasteiger partial charge in [0.1, 0.15) is 0 Å². The molecule has 6 nitrogen and oxygen atoms in total. The van der Waals surface area contributed by atoms with Gasteiger partial charge in [-0.1, -0.05) is 13.3 Å². The van der Waals surface area contributed by atoms with E-state index in [0.29, 0.717) is 25.9 Å². The molecule has 1 aliphatic heterocycles. The average molecular weight is 243 g/mol. The molecule has 1 heterocycles. The lowest BCUT2D eigenvalue weighted by molar-refractivity contribution is -0.148. The first kappa shape index (κ1) is 13.8. The first-order chi connectivity index (χ1) is 7.91. The number of carboxylic acids is 1. The Hall–Kier alpha value is -1.30. The molecule has 1 fully saturated rings.